The molecule has 1 aromatic heterocycles. The molecule has 0 radical (unpaired) electrons. The first-order chi connectivity index (χ1) is 11.5. The molecule has 128 valence electrons. The van der Waals surface area contributed by atoms with E-state index in [9.17, 15) is 4.79 Å². The molecule has 0 unspecified atom stereocenters. The minimum atomic E-state index is -0.263. The Hall–Kier alpha value is -1.89. The molecule has 1 aliphatic heterocycles. The van der Waals surface area contributed by atoms with Gasteiger partial charge in [0.05, 0.1) is 24.9 Å². The fraction of sp³-hybridized carbons (Fsp3) is 0.412. The van der Waals surface area contributed by atoms with Crippen LogP contribution in [0.15, 0.2) is 30.5 Å². The molecule has 2 heterocycles. The van der Waals surface area contributed by atoms with Crippen molar-refractivity contribution in [3.05, 3.63) is 52.6 Å². The SMILES string of the molecule is Cc1ncc(C(=O)N[C@@H](c2ccc(Cl)cc2)[C@@H]2CN(C)CCO2)[nH]1. The number of benzene rings is 1. The lowest BCUT2D eigenvalue weighted by Crippen LogP contribution is -2.48. The second-order valence-electron chi connectivity index (χ2n) is 6.06. The van der Waals surface area contributed by atoms with Crippen molar-refractivity contribution in [1.29, 1.82) is 0 Å². The van der Waals surface area contributed by atoms with Gasteiger partial charge in [-0.2, -0.15) is 0 Å². The van der Waals surface area contributed by atoms with Crippen molar-refractivity contribution < 1.29 is 9.53 Å². The van der Waals surface area contributed by atoms with E-state index in [4.69, 9.17) is 16.3 Å². The van der Waals surface area contributed by atoms with Crippen LogP contribution >= 0.6 is 11.6 Å². The van der Waals surface area contributed by atoms with Gasteiger partial charge >= 0.3 is 0 Å². The largest absolute Gasteiger partial charge is 0.373 e. The molecule has 2 atom stereocenters. The summed E-state index contributed by atoms with van der Waals surface area (Å²) in [6.45, 7) is 4.09. The predicted octanol–water partition coefficient (Wildman–Crippen LogP) is 2.17. The molecule has 1 amide bonds. The number of rotatable bonds is 4. The number of morpholine rings is 1. The van der Waals surface area contributed by atoms with Crippen LogP contribution in [-0.4, -0.2) is 53.6 Å². The Kier molecular flexibility index (Phi) is 5.18. The number of nitrogens with one attached hydrogen (secondary N) is 2. The summed E-state index contributed by atoms with van der Waals surface area (Å²) in [5, 5.41) is 3.73. The van der Waals surface area contributed by atoms with Crippen LogP contribution in [-0.2, 0) is 4.74 Å². The molecule has 1 aromatic carbocycles. The number of aromatic amines is 1. The summed E-state index contributed by atoms with van der Waals surface area (Å²) in [6, 6.07) is 7.22. The number of halogens is 1. The minimum absolute atomic E-state index is 0.127. The molecule has 2 aromatic rings. The van der Waals surface area contributed by atoms with E-state index in [0.29, 0.717) is 23.1 Å². The van der Waals surface area contributed by atoms with Crippen molar-refractivity contribution in [3.8, 4) is 0 Å². The number of nitrogens with zero attached hydrogens (tertiary/aromatic N) is 2. The number of likely N-dealkylation sites (N-methyl/N-ethyl adjacent to an activating group) is 1. The van der Waals surface area contributed by atoms with Gasteiger partial charge in [0, 0.05) is 18.1 Å². The lowest BCUT2D eigenvalue weighted by Gasteiger charge is -2.35. The molecule has 2 N–H and O–H groups in total. The van der Waals surface area contributed by atoms with Gasteiger partial charge in [-0.25, -0.2) is 4.98 Å². The first-order valence-electron chi connectivity index (χ1n) is 7.91. The summed E-state index contributed by atoms with van der Waals surface area (Å²) < 4.78 is 5.92. The number of aryl methyl sites for hydroxylation is 1. The highest BCUT2D eigenvalue weighted by Crippen LogP contribution is 2.24. The number of H-pyrrole nitrogens is 1. The van der Waals surface area contributed by atoms with Crippen LogP contribution in [0.25, 0.3) is 0 Å². The molecule has 7 heteroatoms. The molecule has 24 heavy (non-hydrogen) atoms. The Morgan fingerprint density at radius 1 is 1.46 bits per heavy atom. The van der Waals surface area contributed by atoms with Crippen LogP contribution in [0.2, 0.25) is 5.02 Å². The third-order valence-corrected chi connectivity index (χ3v) is 4.38. The second kappa shape index (κ2) is 7.34. The fourth-order valence-corrected chi connectivity index (χ4v) is 2.95. The number of hydrogen-bond acceptors (Lipinski definition) is 4. The molecule has 6 nitrogen and oxygen atoms in total. The summed E-state index contributed by atoms with van der Waals surface area (Å²) in [7, 11) is 2.05. The van der Waals surface area contributed by atoms with E-state index in [2.05, 4.69) is 27.2 Å². The maximum Gasteiger partial charge on any atom is 0.269 e. The molecular weight excluding hydrogens is 328 g/mol. The summed E-state index contributed by atoms with van der Waals surface area (Å²) in [6.07, 6.45) is 1.41. The van der Waals surface area contributed by atoms with Crippen LogP contribution in [0.5, 0.6) is 0 Å². The number of hydrogen-bond donors (Lipinski definition) is 2. The number of carbonyl (C=O) groups is 1. The Bertz CT molecular complexity index is 701. The maximum absolute atomic E-state index is 12.6. The van der Waals surface area contributed by atoms with Crippen LogP contribution in [0.4, 0.5) is 0 Å². The van der Waals surface area contributed by atoms with Crippen molar-refractivity contribution in [1.82, 2.24) is 20.2 Å². The second-order valence-corrected chi connectivity index (χ2v) is 6.49. The molecule has 0 aliphatic carbocycles. The first kappa shape index (κ1) is 17.0. The lowest BCUT2D eigenvalue weighted by atomic mass is 9.99. The molecule has 0 spiro atoms. The van der Waals surface area contributed by atoms with Gasteiger partial charge in [0.15, 0.2) is 0 Å². The summed E-state index contributed by atoms with van der Waals surface area (Å²) in [5.74, 6) is 0.504. The van der Waals surface area contributed by atoms with Crippen LogP contribution in [0.1, 0.15) is 27.9 Å². The van der Waals surface area contributed by atoms with Crippen LogP contribution < -0.4 is 5.32 Å². The first-order valence-corrected chi connectivity index (χ1v) is 8.29. The molecular formula is C17H21ClN4O2. The van der Waals surface area contributed by atoms with Gasteiger partial charge in [0.1, 0.15) is 11.5 Å². The monoisotopic (exact) mass is 348 g/mol. The van der Waals surface area contributed by atoms with Crippen molar-refractivity contribution in [2.24, 2.45) is 0 Å². The third kappa shape index (κ3) is 3.95. The highest BCUT2D eigenvalue weighted by atomic mass is 35.5. The highest BCUT2D eigenvalue weighted by Gasteiger charge is 2.30. The molecule has 1 aliphatic rings. The number of amides is 1. The van der Waals surface area contributed by atoms with E-state index in [1.54, 1.807) is 0 Å². The highest BCUT2D eigenvalue weighted by molar-refractivity contribution is 6.30. The Labute approximate surface area is 146 Å². The van der Waals surface area contributed by atoms with Crippen molar-refractivity contribution in [2.45, 2.75) is 19.1 Å². The summed E-state index contributed by atoms with van der Waals surface area (Å²) in [5.41, 5.74) is 1.40. The van der Waals surface area contributed by atoms with Gasteiger partial charge < -0.3 is 19.9 Å². The van der Waals surface area contributed by atoms with E-state index in [1.807, 2.05) is 31.2 Å². The van der Waals surface area contributed by atoms with Gasteiger partial charge in [-0.05, 0) is 31.7 Å². The fourth-order valence-electron chi connectivity index (χ4n) is 2.83. The zero-order valence-electron chi connectivity index (χ0n) is 13.8. The van der Waals surface area contributed by atoms with E-state index >= 15 is 0 Å². The quantitative estimate of drug-likeness (QED) is 0.888. The van der Waals surface area contributed by atoms with E-state index in [0.717, 1.165) is 18.7 Å². The maximum atomic E-state index is 12.6. The average Bonchev–Trinajstić information content (AvgIpc) is 3.00. The van der Waals surface area contributed by atoms with Gasteiger partial charge in [0.25, 0.3) is 5.91 Å². The van der Waals surface area contributed by atoms with Crippen molar-refractivity contribution >= 4 is 17.5 Å². The summed E-state index contributed by atoms with van der Waals surface area (Å²) >= 11 is 5.99. The van der Waals surface area contributed by atoms with Crippen molar-refractivity contribution in [2.75, 3.05) is 26.7 Å². The number of imidazole rings is 1. The predicted molar refractivity (Wildman–Crippen MR) is 92.2 cm³/mol. The topological polar surface area (TPSA) is 70.2 Å². The lowest BCUT2D eigenvalue weighted by molar-refractivity contribution is -0.0381. The molecule has 0 bridgehead atoms. The average molecular weight is 349 g/mol. The van der Waals surface area contributed by atoms with Gasteiger partial charge in [-0.3, -0.25) is 4.79 Å². The van der Waals surface area contributed by atoms with Gasteiger partial charge in [0.2, 0.25) is 0 Å². The van der Waals surface area contributed by atoms with Crippen LogP contribution in [0, 0.1) is 6.92 Å². The summed E-state index contributed by atoms with van der Waals surface area (Å²) in [4.78, 5) is 21.8. The Balaban J connectivity index is 1.83. The van der Waals surface area contributed by atoms with Gasteiger partial charge in [-0.15, -0.1) is 0 Å². The number of ether oxygens (including phenoxy) is 1. The minimum Gasteiger partial charge on any atom is -0.373 e. The number of aromatic nitrogens is 2. The van der Waals surface area contributed by atoms with Crippen molar-refractivity contribution in [3.63, 3.8) is 0 Å². The van der Waals surface area contributed by atoms with Crippen LogP contribution in [0.3, 0.4) is 0 Å². The van der Waals surface area contributed by atoms with E-state index in [1.165, 1.54) is 6.20 Å². The number of carbonyl (C=O) groups excluding carboxylic acids is 1. The zero-order valence-corrected chi connectivity index (χ0v) is 14.5. The normalized spacial score (nSPS) is 19.9. The van der Waals surface area contributed by atoms with E-state index in [-0.39, 0.29) is 18.1 Å². The van der Waals surface area contributed by atoms with Gasteiger partial charge in [-0.1, -0.05) is 23.7 Å². The standard InChI is InChI=1S/C17H21ClN4O2/c1-11-19-9-14(20-11)17(23)21-16(12-3-5-13(18)6-4-12)15-10-22(2)7-8-24-15/h3-6,9,15-16H,7-8,10H2,1-2H3,(H,19,20)(H,21,23)/t15-,16-/m0/s1. The molecule has 3 rings (SSSR count). The molecule has 1 saturated heterocycles. The smallest absolute Gasteiger partial charge is 0.269 e. The molecule has 1 fully saturated rings. The Morgan fingerprint density at radius 3 is 2.83 bits per heavy atom. The van der Waals surface area contributed by atoms with E-state index < -0.39 is 0 Å². The Morgan fingerprint density at radius 2 is 2.21 bits per heavy atom. The molecule has 0 saturated carbocycles. The zero-order chi connectivity index (χ0) is 17.1. The third-order valence-electron chi connectivity index (χ3n) is 4.13.